The summed E-state index contributed by atoms with van der Waals surface area (Å²) in [4.78, 5) is 12.7. The fraction of sp³-hybridized carbons (Fsp3) is 0.348. The summed E-state index contributed by atoms with van der Waals surface area (Å²) >= 11 is 0. The summed E-state index contributed by atoms with van der Waals surface area (Å²) in [5.41, 5.74) is 4.30. The molecule has 2 aromatic carbocycles. The van der Waals surface area contributed by atoms with Gasteiger partial charge >= 0.3 is 0 Å². The lowest BCUT2D eigenvalue weighted by Gasteiger charge is -2.10. The highest BCUT2D eigenvalue weighted by Gasteiger charge is 2.18. The first-order valence-electron chi connectivity index (χ1n) is 10.0. The number of amides is 1. The van der Waals surface area contributed by atoms with Crippen LogP contribution in [0.25, 0.3) is 11.3 Å². The second-order valence-corrected chi connectivity index (χ2v) is 7.34. The van der Waals surface area contributed by atoms with E-state index < -0.39 is 0 Å². The van der Waals surface area contributed by atoms with Crippen LogP contribution in [0.15, 0.2) is 47.1 Å². The molecule has 152 valence electrons. The topological polar surface area (TPSA) is 77.3 Å². The highest BCUT2D eigenvalue weighted by molar-refractivity contribution is 6.05. The van der Waals surface area contributed by atoms with E-state index in [0.717, 1.165) is 29.7 Å². The van der Waals surface area contributed by atoms with E-state index in [4.69, 9.17) is 9.37 Å². The van der Waals surface area contributed by atoms with Crippen LogP contribution in [0.1, 0.15) is 49.2 Å². The third-order valence-corrected chi connectivity index (χ3v) is 4.64. The maximum Gasteiger partial charge on any atom is 0.256 e. The van der Waals surface area contributed by atoms with E-state index in [0.29, 0.717) is 29.6 Å². The van der Waals surface area contributed by atoms with Crippen molar-refractivity contribution >= 4 is 11.7 Å². The standard InChI is InChI=1S/C23H27N3O3/c1-5-16-7-8-17(6-2)20(13-16)21-22(26-29-25-21)24-23(27)18-9-11-19(12-10-18)28-14-15(3)4/h7-13,15H,5-6,14H2,1-4H3,(H,24,26,27). The molecule has 1 aromatic heterocycles. The van der Waals surface area contributed by atoms with Crippen LogP contribution < -0.4 is 10.1 Å². The largest absolute Gasteiger partial charge is 0.493 e. The van der Waals surface area contributed by atoms with Crippen molar-refractivity contribution in [3.8, 4) is 17.0 Å². The number of nitrogens with one attached hydrogen (secondary N) is 1. The van der Waals surface area contributed by atoms with Crippen LogP contribution >= 0.6 is 0 Å². The molecule has 3 aromatic rings. The third kappa shape index (κ3) is 5.02. The molecule has 0 unspecified atom stereocenters. The first-order valence-corrected chi connectivity index (χ1v) is 10.0. The molecule has 0 atom stereocenters. The average molecular weight is 393 g/mol. The van der Waals surface area contributed by atoms with Crippen LogP contribution in [0.4, 0.5) is 5.82 Å². The molecule has 1 heterocycles. The molecule has 0 aliphatic rings. The molecule has 1 amide bonds. The van der Waals surface area contributed by atoms with Crippen molar-refractivity contribution in [2.45, 2.75) is 40.5 Å². The van der Waals surface area contributed by atoms with Crippen LogP contribution in [0, 0.1) is 5.92 Å². The number of nitrogens with zero attached hydrogens (tertiary/aromatic N) is 2. The molecular weight excluding hydrogens is 366 g/mol. The molecule has 3 rings (SSSR count). The first-order chi connectivity index (χ1) is 14.0. The molecule has 0 bridgehead atoms. The smallest absolute Gasteiger partial charge is 0.256 e. The minimum absolute atomic E-state index is 0.276. The summed E-state index contributed by atoms with van der Waals surface area (Å²) in [7, 11) is 0. The Morgan fingerprint density at radius 3 is 2.48 bits per heavy atom. The highest BCUT2D eigenvalue weighted by atomic mass is 16.6. The molecule has 0 aliphatic carbocycles. The molecule has 0 saturated heterocycles. The van der Waals surface area contributed by atoms with Gasteiger partial charge in [0.2, 0.25) is 5.82 Å². The van der Waals surface area contributed by atoms with Crippen molar-refractivity contribution in [3.05, 3.63) is 59.2 Å². The lowest BCUT2D eigenvalue weighted by atomic mass is 9.98. The van der Waals surface area contributed by atoms with Crippen LogP contribution in [-0.4, -0.2) is 22.8 Å². The van der Waals surface area contributed by atoms with Gasteiger partial charge in [0.15, 0.2) is 5.69 Å². The summed E-state index contributed by atoms with van der Waals surface area (Å²) in [6.45, 7) is 9.00. The molecule has 29 heavy (non-hydrogen) atoms. The van der Waals surface area contributed by atoms with Crippen LogP contribution in [0.3, 0.4) is 0 Å². The Morgan fingerprint density at radius 1 is 1.07 bits per heavy atom. The number of hydrogen-bond donors (Lipinski definition) is 1. The Hall–Kier alpha value is -3.15. The van der Waals surface area contributed by atoms with Crippen molar-refractivity contribution in [1.29, 1.82) is 0 Å². The fourth-order valence-corrected chi connectivity index (χ4v) is 2.96. The van der Waals surface area contributed by atoms with E-state index in [1.54, 1.807) is 24.3 Å². The first kappa shape index (κ1) is 20.6. The van der Waals surface area contributed by atoms with Gasteiger partial charge in [-0.3, -0.25) is 4.79 Å². The van der Waals surface area contributed by atoms with Gasteiger partial charge < -0.3 is 10.1 Å². The van der Waals surface area contributed by atoms with Crippen molar-refractivity contribution in [1.82, 2.24) is 10.3 Å². The van der Waals surface area contributed by atoms with Crippen LogP contribution in [0.5, 0.6) is 5.75 Å². The molecule has 0 radical (unpaired) electrons. The Morgan fingerprint density at radius 2 is 1.83 bits per heavy atom. The van der Waals surface area contributed by atoms with Gasteiger partial charge in [0.25, 0.3) is 5.91 Å². The second kappa shape index (κ2) is 9.37. The minimum Gasteiger partial charge on any atom is -0.493 e. The maximum atomic E-state index is 12.7. The third-order valence-electron chi connectivity index (χ3n) is 4.64. The summed E-state index contributed by atoms with van der Waals surface area (Å²) in [5.74, 6) is 1.22. The zero-order chi connectivity index (χ0) is 20.8. The number of carbonyl (C=O) groups is 1. The number of anilines is 1. The lowest BCUT2D eigenvalue weighted by Crippen LogP contribution is -2.13. The summed E-state index contributed by atoms with van der Waals surface area (Å²) in [5, 5.41) is 10.8. The molecule has 0 aliphatic heterocycles. The second-order valence-electron chi connectivity index (χ2n) is 7.34. The Kier molecular flexibility index (Phi) is 6.65. The molecule has 0 fully saturated rings. The van der Waals surface area contributed by atoms with E-state index in [-0.39, 0.29) is 5.91 Å². The van der Waals surface area contributed by atoms with Gasteiger partial charge in [0.1, 0.15) is 5.75 Å². The quantitative estimate of drug-likeness (QED) is 0.573. The highest BCUT2D eigenvalue weighted by Crippen LogP contribution is 2.30. The Bertz CT molecular complexity index is 962. The van der Waals surface area contributed by atoms with Crippen molar-refractivity contribution in [2.24, 2.45) is 5.92 Å². The SMILES string of the molecule is CCc1ccc(CC)c(-c2nonc2NC(=O)c2ccc(OCC(C)C)cc2)c1. The van der Waals surface area contributed by atoms with E-state index in [1.807, 2.05) is 0 Å². The minimum atomic E-state index is -0.276. The van der Waals surface area contributed by atoms with Gasteiger partial charge in [-0.1, -0.05) is 39.8 Å². The summed E-state index contributed by atoms with van der Waals surface area (Å²) in [6, 6.07) is 13.3. The predicted molar refractivity (Wildman–Crippen MR) is 113 cm³/mol. The Balaban J connectivity index is 1.79. The van der Waals surface area contributed by atoms with Crippen molar-refractivity contribution < 1.29 is 14.2 Å². The van der Waals surface area contributed by atoms with E-state index >= 15 is 0 Å². The zero-order valence-electron chi connectivity index (χ0n) is 17.4. The van der Waals surface area contributed by atoms with Gasteiger partial charge in [-0.15, -0.1) is 0 Å². The number of aryl methyl sites for hydroxylation is 2. The Labute approximate surface area is 171 Å². The maximum absolute atomic E-state index is 12.7. The van der Waals surface area contributed by atoms with Crippen LogP contribution in [0.2, 0.25) is 0 Å². The number of aromatic nitrogens is 2. The monoisotopic (exact) mass is 393 g/mol. The van der Waals surface area contributed by atoms with E-state index in [9.17, 15) is 4.79 Å². The van der Waals surface area contributed by atoms with Crippen molar-refractivity contribution in [3.63, 3.8) is 0 Å². The van der Waals surface area contributed by atoms with Crippen LogP contribution in [-0.2, 0) is 12.8 Å². The van der Waals surface area contributed by atoms with E-state index in [1.165, 1.54) is 5.56 Å². The average Bonchev–Trinajstić information content (AvgIpc) is 3.19. The molecule has 0 saturated carbocycles. The number of hydrogen-bond acceptors (Lipinski definition) is 5. The van der Waals surface area contributed by atoms with Gasteiger partial charge in [-0.2, -0.15) is 0 Å². The van der Waals surface area contributed by atoms with Gasteiger partial charge in [0, 0.05) is 11.1 Å². The van der Waals surface area contributed by atoms with Gasteiger partial charge in [0.05, 0.1) is 6.61 Å². The molecular formula is C23H27N3O3. The number of carbonyl (C=O) groups excluding carboxylic acids is 1. The fourth-order valence-electron chi connectivity index (χ4n) is 2.96. The molecule has 6 heteroatoms. The molecule has 6 nitrogen and oxygen atoms in total. The molecule has 0 spiro atoms. The predicted octanol–water partition coefficient (Wildman–Crippen LogP) is 5.15. The van der Waals surface area contributed by atoms with Crippen molar-refractivity contribution in [2.75, 3.05) is 11.9 Å². The molecule has 1 N–H and O–H groups in total. The number of ether oxygens (including phenoxy) is 1. The van der Waals surface area contributed by atoms with Gasteiger partial charge in [-0.25, -0.2) is 4.63 Å². The number of rotatable bonds is 8. The lowest BCUT2D eigenvalue weighted by molar-refractivity contribution is 0.102. The van der Waals surface area contributed by atoms with E-state index in [2.05, 4.69) is 61.5 Å². The number of benzene rings is 2. The summed E-state index contributed by atoms with van der Waals surface area (Å²) in [6.07, 6.45) is 1.76. The normalized spacial score (nSPS) is 10.9. The van der Waals surface area contributed by atoms with Gasteiger partial charge in [-0.05, 0) is 70.5 Å². The zero-order valence-corrected chi connectivity index (χ0v) is 17.4. The summed E-state index contributed by atoms with van der Waals surface area (Å²) < 4.78 is 10.6.